The Balaban J connectivity index is 1.74. The number of rotatable bonds is 5. The Morgan fingerprint density at radius 2 is 2.24 bits per heavy atom. The van der Waals surface area contributed by atoms with Crippen LogP contribution >= 0.6 is 0 Å². The van der Waals surface area contributed by atoms with Crippen LogP contribution in [0.2, 0.25) is 0 Å². The van der Waals surface area contributed by atoms with Crippen LogP contribution in [0.5, 0.6) is 11.5 Å². The van der Waals surface area contributed by atoms with Gasteiger partial charge in [0.15, 0.2) is 0 Å². The predicted molar refractivity (Wildman–Crippen MR) is 64.1 cm³/mol. The van der Waals surface area contributed by atoms with Crippen LogP contribution in [-0.4, -0.2) is 23.7 Å². The van der Waals surface area contributed by atoms with E-state index in [1.54, 1.807) is 12.1 Å². The van der Waals surface area contributed by atoms with Crippen molar-refractivity contribution in [2.24, 2.45) is 0 Å². The summed E-state index contributed by atoms with van der Waals surface area (Å²) in [5.74, 6) is 0.813. The second kappa shape index (κ2) is 5.08. The average Bonchev–Trinajstić information content (AvgIpc) is 3.00. The standard InChI is InChI=1S/C13H17NO3/c1-9-6-11(15)8-12(7-9)17-5-4-13(16)14-10-2-3-10/h6-8,10,15H,2-5H2,1H3,(H,14,16). The van der Waals surface area contributed by atoms with Crippen molar-refractivity contribution in [2.75, 3.05) is 6.61 Å². The van der Waals surface area contributed by atoms with Crippen molar-refractivity contribution in [1.29, 1.82) is 0 Å². The summed E-state index contributed by atoms with van der Waals surface area (Å²) in [6.07, 6.45) is 2.54. The molecule has 4 heteroatoms. The first-order chi connectivity index (χ1) is 8.13. The Kier molecular flexibility index (Phi) is 3.52. The van der Waals surface area contributed by atoms with E-state index in [1.807, 2.05) is 13.0 Å². The van der Waals surface area contributed by atoms with E-state index in [0.29, 0.717) is 24.8 Å². The number of phenolic OH excluding ortho intramolecular Hbond substituents is 1. The van der Waals surface area contributed by atoms with Crippen LogP contribution in [0, 0.1) is 6.92 Å². The fraction of sp³-hybridized carbons (Fsp3) is 0.462. The smallest absolute Gasteiger partial charge is 0.223 e. The molecule has 0 heterocycles. The summed E-state index contributed by atoms with van der Waals surface area (Å²) in [5.41, 5.74) is 0.933. The molecule has 2 N–H and O–H groups in total. The van der Waals surface area contributed by atoms with Crippen LogP contribution in [0.3, 0.4) is 0 Å². The topological polar surface area (TPSA) is 58.6 Å². The lowest BCUT2D eigenvalue weighted by Gasteiger charge is -2.07. The minimum absolute atomic E-state index is 0.0318. The van der Waals surface area contributed by atoms with Gasteiger partial charge in [0.25, 0.3) is 0 Å². The Morgan fingerprint density at radius 1 is 1.47 bits per heavy atom. The predicted octanol–water partition coefficient (Wildman–Crippen LogP) is 1.75. The largest absolute Gasteiger partial charge is 0.508 e. The van der Waals surface area contributed by atoms with Gasteiger partial charge in [0.1, 0.15) is 11.5 Å². The van der Waals surface area contributed by atoms with Gasteiger partial charge >= 0.3 is 0 Å². The molecule has 1 saturated carbocycles. The summed E-state index contributed by atoms with van der Waals surface area (Å²) < 4.78 is 5.42. The van der Waals surface area contributed by atoms with Crippen LogP contribution < -0.4 is 10.1 Å². The monoisotopic (exact) mass is 235 g/mol. The Hall–Kier alpha value is -1.71. The molecule has 17 heavy (non-hydrogen) atoms. The van der Waals surface area contributed by atoms with Crippen molar-refractivity contribution < 1.29 is 14.6 Å². The van der Waals surface area contributed by atoms with Crippen molar-refractivity contribution in [1.82, 2.24) is 5.32 Å². The molecule has 1 aliphatic rings. The minimum Gasteiger partial charge on any atom is -0.508 e. The van der Waals surface area contributed by atoms with Gasteiger partial charge in [-0.3, -0.25) is 4.79 Å². The second-order valence-corrected chi connectivity index (χ2v) is 4.44. The first kappa shape index (κ1) is 11.8. The van der Waals surface area contributed by atoms with E-state index >= 15 is 0 Å². The number of carbonyl (C=O) groups is 1. The molecular weight excluding hydrogens is 218 g/mol. The molecule has 0 bridgehead atoms. The van der Waals surface area contributed by atoms with Crippen molar-refractivity contribution in [3.63, 3.8) is 0 Å². The molecule has 0 saturated heterocycles. The molecule has 1 aromatic rings. The molecule has 1 aliphatic carbocycles. The Morgan fingerprint density at radius 3 is 2.88 bits per heavy atom. The summed E-state index contributed by atoms with van der Waals surface area (Å²) in [5, 5.41) is 12.3. The third-order valence-electron chi connectivity index (χ3n) is 2.58. The molecule has 1 amide bonds. The highest BCUT2D eigenvalue weighted by atomic mass is 16.5. The van der Waals surface area contributed by atoms with Gasteiger partial charge in [0.2, 0.25) is 5.91 Å². The van der Waals surface area contributed by atoms with E-state index in [4.69, 9.17) is 4.74 Å². The lowest BCUT2D eigenvalue weighted by Crippen LogP contribution is -2.26. The van der Waals surface area contributed by atoms with E-state index < -0.39 is 0 Å². The Labute approximate surface area is 101 Å². The number of aryl methyl sites for hydroxylation is 1. The number of benzene rings is 1. The van der Waals surface area contributed by atoms with Gasteiger partial charge in [0.05, 0.1) is 13.0 Å². The molecular formula is C13H17NO3. The highest BCUT2D eigenvalue weighted by molar-refractivity contribution is 5.76. The molecule has 0 atom stereocenters. The summed E-state index contributed by atoms with van der Waals surface area (Å²) in [6, 6.07) is 5.43. The maximum Gasteiger partial charge on any atom is 0.223 e. The molecule has 1 aromatic carbocycles. The van der Waals surface area contributed by atoms with E-state index in [2.05, 4.69) is 5.32 Å². The number of ether oxygens (including phenoxy) is 1. The van der Waals surface area contributed by atoms with Gasteiger partial charge in [0, 0.05) is 12.1 Å². The quantitative estimate of drug-likeness (QED) is 0.817. The molecule has 0 radical (unpaired) electrons. The summed E-state index contributed by atoms with van der Waals surface area (Å²) in [6.45, 7) is 2.22. The average molecular weight is 235 g/mol. The number of hydrogen-bond donors (Lipinski definition) is 2. The number of hydrogen-bond acceptors (Lipinski definition) is 3. The molecule has 0 spiro atoms. The summed E-state index contributed by atoms with van der Waals surface area (Å²) >= 11 is 0. The zero-order valence-corrected chi connectivity index (χ0v) is 9.90. The SMILES string of the molecule is Cc1cc(O)cc(OCCC(=O)NC2CC2)c1. The molecule has 1 fully saturated rings. The third-order valence-corrected chi connectivity index (χ3v) is 2.58. The number of amides is 1. The van der Waals surface area contributed by atoms with Crippen molar-refractivity contribution in [2.45, 2.75) is 32.2 Å². The minimum atomic E-state index is 0.0318. The van der Waals surface area contributed by atoms with Gasteiger partial charge in [-0.1, -0.05) is 0 Å². The highest BCUT2D eigenvalue weighted by Gasteiger charge is 2.22. The van der Waals surface area contributed by atoms with Gasteiger partial charge in [-0.05, 0) is 37.5 Å². The molecule has 0 aliphatic heterocycles. The lowest BCUT2D eigenvalue weighted by molar-refractivity contribution is -0.121. The summed E-state index contributed by atoms with van der Waals surface area (Å²) in [4.78, 5) is 11.4. The van der Waals surface area contributed by atoms with Crippen molar-refractivity contribution >= 4 is 5.91 Å². The zero-order chi connectivity index (χ0) is 12.3. The van der Waals surface area contributed by atoms with Crippen LogP contribution in [0.15, 0.2) is 18.2 Å². The first-order valence-electron chi connectivity index (χ1n) is 5.86. The molecule has 2 rings (SSSR count). The first-order valence-corrected chi connectivity index (χ1v) is 5.86. The van der Waals surface area contributed by atoms with Crippen molar-refractivity contribution in [3.05, 3.63) is 23.8 Å². The second-order valence-electron chi connectivity index (χ2n) is 4.44. The molecule has 92 valence electrons. The zero-order valence-electron chi connectivity index (χ0n) is 9.90. The van der Waals surface area contributed by atoms with Crippen LogP contribution in [-0.2, 0) is 4.79 Å². The third kappa shape index (κ3) is 3.98. The van der Waals surface area contributed by atoms with E-state index in [1.165, 1.54) is 0 Å². The van der Waals surface area contributed by atoms with Gasteiger partial charge < -0.3 is 15.2 Å². The number of carbonyl (C=O) groups excluding carboxylic acids is 1. The van der Waals surface area contributed by atoms with Gasteiger partial charge in [-0.2, -0.15) is 0 Å². The highest BCUT2D eigenvalue weighted by Crippen LogP contribution is 2.21. The van der Waals surface area contributed by atoms with E-state index in [9.17, 15) is 9.90 Å². The maximum atomic E-state index is 11.4. The molecule has 0 aromatic heterocycles. The van der Waals surface area contributed by atoms with Gasteiger partial charge in [-0.15, -0.1) is 0 Å². The van der Waals surface area contributed by atoms with Crippen LogP contribution in [0.1, 0.15) is 24.8 Å². The van der Waals surface area contributed by atoms with Gasteiger partial charge in [-0.25, -0.2) is 0 Å². The number of aromatic hydroxyl groups is 1. The normalized spacial score (nSPS) is 14.4. The van der Waals surface area contributed by atoms with E-state index in [-0.39, 0.29) is 11.7 Å². The van der Waals surface area contributed by atoms with Crippen LogP contribution in [0.4, 0.5) is 0 Å². The van der Waals surface area contributed by atoms with Crippen LogP contribution in [0.25, 0.3) is 0 Å². The lowest BCUT2D eigenvalue weighted by atomic mass is 10.2. The molecule has 0 unspecified atom stereocenters. The maximum absolute atomic E-state index is 11.4. The van der Waals surface area contributed by atoms with Crippen molar-refractivity contribution in [3.8, 4) is 11.5 Å². The van der Waals surface area contributed by atoms with E-state index in [0.717, 1.165) is 18.4 Å². The summed E-state index contributed by atoms with van der Waals surface area (Å²) in [7, 11) is 0. The Bertz CT molecular complexity index is 393. The molecule has 4 nitrogen and oxygen atoms in total. The number of phenols is 1. The fourth-order valence-electron chi connectivity index (χ4n) is 1.60. The fourth-order valence-corrected chi connectivity index (χ4v) is 1.60. The number of nitrogens with one attached hydrogen (secondary N) is 1.